The molecule has 0 bridgehead atoms. The second kappa shape index (κ2) is 9.35. The van der Waals surface area contributed by atoms with Crippen LogP contribution in [0.2, 0.25) is 0 Å². The summed E-state index contributed by atoms with van der Waals surface area (Å²) in [6.45, 7) is 5.86. The molecule has 0 saturated carbocycles. The summed E-state index contributed by atoms with van der Waals surface area (Å²) in [6.07, 6.45) is 0.851. The lowest BCUT2D eigenvalue weighted by Crippen LogP contribution is -2.29. The molecule has 0 aliphatic heterocycles. The van der Waals surface area contributed by atoms with Crippen LogP contribution in [-0.4, -0.2) is 28.3 Å². The third-order valence-corrected chi connectivity index (χ3v) is 4.55. The fourth-order valence-corrected chi connectivity index (χ4v) is 3.12. The van der Waals surface area contributed by atoms with Gasteiger partial charge in [0.2, 0.25) is 0 Å². The van der Waals surface area contributed by atoms with Crippen LogP contribution in [0.25, 0.3) is 10.8 Å². The molecular formula is C23H25N3O4. The van der Waals surface area contributed by atoms with Crippen LogP contribution in [0.4, 0.5) is 5.69 Å². The third-order valence-electron chi connectivity index (χ3n) is 4.55. The average Bonchev–Trinajstić information content (AvgIpc) is 2.74. The van der Waals surface area contributed by atoms with Crippen molar-refractivity contribution in [3.8, 4) is 0 Å². The van der Waals surface area contributed by atoms with E-state index in [9.17, 15) is 14.4 Å². The molecular weight excluding hydrogens is 382 g/mol. The van der Waals surface area contributed by atoms with Gasteiger partial charge in [0.1, 0.15) is 0 Å². The van der Waals surface area contributed by atoms with Crippen molar-refractivity contribution >= 4 is 28.3 Å². The molecule has 7 nitrogen and oxygen atoms in total. The molecule has 0 unspecified atom stereocenters. The molecule has 30 heavy (non-hydrogen) atoms. The SMILES string of the molecule is CCc1cccc(NC(=O)COC(=O)c2nn(CC(C)C)c(=O)c3ccccc23)c1. The highest BCUT2D eigenvalue weighted by atomic mass is 16.5. The Kier molecular flexibility index (Phi) is 6.61. The Labute approximate surface area is 174 Å². The second-order valence-corrected chi connectivity index (χ2v) is 7.45. The van der Waals surface area contributed by atoms with Crippen molar-refractivity contribution in [3.05, 3.63) is 70.1 Å². The Morgan fingerprint density at radius 1 is 1.10 bits per heavy atom. The lowest BCUT2D eigenvalue weighted by Gasteiger charge is -2.12. The molecule has 156 valence electrons. The summed E-state index contributed by atoms with van der Waals surface area (Å²) in [5, 5.41) is 7.73. The van der Waals surface area contributed by atoms with Crippen LogP contribution in [-0.2, 0) is 22.5 Å². The number of carbonyl (C=O) groups excluding carboxylic acids is 2. The first-order valence-electron chi connectivity index (χ1n) is 9.94. The number of ether oxygens (including phenoxy) is 1. The molecule has 1 N–H and O–H groups in total. The molecule has 1 heterocycles. The minimum atomic E-state index is -0.749. The van der Waals surface area contributed by atoms with E-state index in [0.29, 0.717) is 23.0 Å². The van der Waals surface area contributed by atoms with E-state index in [1.54, 1.807) is 30.3 Å². The molecule has 1 amide bonds. The number of nitrogens with one attached hydrogen (secondary N) is 1. The molecule has 3 aromatic rings. The van der Waals surface area contributed by atoms with Gasteiger partial charge in [0.15, 0.2) is 12.3 Å². The highest BCUT2D eigenvalue weighted by molar-refractivity contribution is 6.03. The van der Waals surface area contributed by atoms with E-state index in [2.05, 4.69) is 10.4 Å². The van der Waals surface area contributed by atoms with Crippen LogP contribution in [0.15, 0.2) is 53.3 Å². The Hall–Kier alpha value is -3.48. The summed E-state index contributed by atoms with van der Waals surface area (Å²) in [5.41, 5.74) is 1.49. The zero-order chi connectivity index (χ0) is 21.7. The first-order valence-corrected chi connectivity index (χ1v) is 9.94. The number of aromatic nitrogens is 2. The van der Waals surface area contributed by atoms with Crippen LogP contribution in [0, 0.1) is 5.92 Å². The Balaban J connectivity index is 1.78. The molecule has 0 spiro atoms. The fraction of sp³-hybridized carbons (Fsp3) is 0.304. The predicted octanol–water partition coefficient (Wildman–Crippen LogP) is 3.41. The standard InChI is InChI=1S/C23H25N3O4/c1-4-16-8-7-9-17(12-16)24-20(27)14-30-23(29)21-18-10-5-6-11-19(18)22(28)26(25-21)13-15(2)3/h5-12,15H,4,13-14H2,1-3H3,(H,24,27). The smallest absolute Gasteiger partial charge is 0.359 e. The fourth-order valence-electron chi connectivity index (χ4n) is 3.12. The quantitative estimate of drug-likeness (QED) is 0.606. The lowest BCUT2D eigenvalue weighted by atomic mass is 10.1. The molecule has 0 fully saturated rings. The van der Waals surface area contributed by atoms with E-state index >= 15 is 0 Å². The summed E-state index contributed by atoms with van der Waals surface area (Å²) < 4.78 is 6.48. The minimum absolute atomic E-state index is 0.0200. The highest BCUT2D eigenvalue weighted by Crippen LogP contribution is 2.15. The van der Waals surface area contributed by atoms with Gasteiger partial charge in [0.05, 0.1) is 5.39 Å². The van der Waals surface area contributed by atoms with Crippen molar-refractivity contribution in [2.75, 3.05) is 11.9 Å². The molecule has 3 rings (SSSR count). The number of aryl methyl sites for hydroxylation is 1. The normalized spacial score (nSPS) is 10.9. The number of nitrogens with zero attached hydrogens (tertiary/aromatic N) is 2. The van der Waals surface area contributed by atoms with Crippen LogP contribution in [0.3, 0.4) is 0 Å². The van der Waals surface area contributed by atoms with E-state index in [1.165, 1.54) is 4.68 Å². The van der Waals surface area contributed by atoms with Crippen molar-refractivity contribution in [1.29, 1.82) is 0 Å². The number of carbonyl (C=O) groups is 2. The Bertz CT molecular complexity index is 1130. The van der Waals surface area contributed by atoms with Crippen molar-refractivity contribution in [1.82, 2.24) is 9.78 Å². The molecule has 0 radical (unpaired) electrons. The van der Waals surface area contributed by atoms with Crippen LogP contribution >= 0.6 is 0 Å². The largest absolute Gasteiger partial charge is 0.451 e. The van der Waals surface area contributed by atoms with Crippen molar-refractivity contribution in [2.24, 2.45) is 5.92 Å². The molecule has 1 aromatic heterocycles. The number of benzene rings is 2. The van der Waals surface area contributed by atoms with Gasteiger partial charge in [0.25, 0.3) is 11.5 Å². The molecule has 0 aliphatic rings. The summed E-state index contributed by atoms with van der Waals surface area (Å²) in [7, 11) is 0. The van der Waals surface area contributed by atoms with Gasteiger partial charge in [0, 0.05) is 17.6 Å². The van der Waals surface area contributed by atoms with Gasteiger partial charge in [-0.2, -0.15) is 5.10 Å². The van der Waals surface area contributed by atoms with Crippen molar-refractivity contribution < 1.29 is 14.3 Å². The van der Waals surface area contributed by atoms with E-state index in [-0.39, 0.29) is 17.2 Å². The van der Waals surface area contributed by atoms with Gasteiger partial charge in [-0.1, -0.05) is 51.1 Å². The van der Waals surface area contributed by atoms with E-state index < -0.39 is 18.5 Å². The van der Waals surface area contributed by atoms with Crippen molar-refractivity contribution in [2.45, 2.75) is 33.7 Å². The summed E-state index contributed by atoms with van der Waals surface area (Å²) in [6, 6.07) is 14.2. The number of anilines is 1. The number of hydrogen-bond acceptors (Lipinski definition) is 5. The van der Waals surface area contributed by atoms with E-state index in [4.69, 9.17) is 4.74 Å². The predicted molar refractivity (Wildman–Crippen MR) is 116 cm³/mol. The third kappa shape index (κ3) is 4.92. The number of fused-ring (bicyclic) bond motifs is 1. The number of amides is 1. The first kappa shape index (κ1) is 21.2. The highest BCUT2D eigenvalue weighted by Gasteiger charge is 2.19. The van der Waals surface area contributed by atoms with Crippen LogP contribution in [0.1, 0.15) is 36.8 Å². The maximum absolute atomic E-state index is 12.7. The van der Waals surface area contributed by atoms with Crippen molar-refractivity contribution in [3.63, 3.8) is 0 Å². The summed E-state index contributed by atoms with van der Waals surface area (Å²) in [4.78, 5) is 37.5. The van der Waals surface area contributed by atoms with Gasteiger partial charge in [-0.3, -0.25) is 9.59 Å². The van der Waals surface area contributed by atoms with Crippen LogP contribution < -0.4 is 10.9 Å². The molecule has 0 saturated heterocycles. The second-order valence-electron chi connectivity index (χ2n) is 7.45. The monoisotopic (exact) mass is 407 g/mol. The lowest BCUT2D eigenvalue weighted by molar-refractivity contribution is -0.119. The van der Waals surface area contributed by atoms with E-state index in [1.807, 2.05) is 39.0 Å². The minimum Gasteiger partial charge on any atom is -0.451 e. The van der Waals surface area contributed by atoms with Gasteiger partial charge in [-0.05, 0) is 36.1 Å². The Morgan fingerprint density at radius 2 is 1.83 bits per heavy atom. The zero-order valence-electron chi connectivity index (χ0n) is 17.3. The van der Waals surface area contributed by atoms with E-state index in [0.717, 1.165) is 12.0 Å². The van der Waals surface area contributed by atoms with Gasteiger partial charge in [-0.25, -0.2) is 9.48 Å². The number of esters is 1. The first-order chi connectivity index (χ1) is 14.4. The Morgan fingerprint density at radius 3 is 2.53 bits per heavy atom. The van der Waals surface area contributed by atoms with Gasteiger partial charge in [-0.15, -0.1) is 0 Å². The number of rotatable bonds is 7. The molecule has 0 atom stereocenters. The van der Waals surface area contributed by atoms with Crippen LogP contribution in [0.5, 0.6) is 0 Å². The topological polar surface area (TPSA) is 90.3 Å². The molecule has 0 aliphatic carbocycles. The zero-order valence-corrected chi connectivity index (χ0v) is 17.3. The average molecular weight is 407 g/mol. The summed E-state index contributed by atoms with van der Waals surface area (Å²) in [5.74, 6) is -1.03. The number of hydrogen-bond donors (Lipinski definition) is 1. The molecule has 2 aromatic carbocycles. The van der Waals surface area contributed by atoms with Gasteiger partial charge >= 0.3 is 5.97 Å². The molecule has 7 heteroatoms. The maximum Gasteiger partial charge on any atom is 0.359 e. The maximum atomic E-state index is 12.7. The van der Waals surface area contributed by atoms with Gasteiger partial charge < -0.3 is 10.1 Å². The summed E-state index contributed by atoms with van der Waals surface area (Å²) >= 11 is 0.